The highest BCUT2D eigenvalue weighted by Gasteiger charge is 2.16. The molecule has 0 bridgehead atoms. The van der Waals surface area contributed by atoms with E-state index in [1.165, 1.54) is 0 Å². The minimum absolute atomic E-state index is 0.633. The van der Waals surface area contributed by atoms with E-state index in [9.17, 15) is 0 Å². The molecule has 5 heteroatoms. The zero-order valence-electron chi connectivity index (χ0n) is 9.60. The highest BCUT2D eigenvalue weighted by Crippen LogP contribution is 2.24. The average molecular weight is 225 g/mol. The molecule has 84 valence electrons. The van der Waals surface area contributed by atoms with Crippen molar-refractivity contribution in [2.75, 3.05) is 0 Å². The topological polar surface area (TPSA) is 80.5 Å². The Morgan fingerprint density at radius 1 is 1.47 bits per heavy atom. The summed E-state index contributed by atoms with van der Waals surface area (Å²) in [6.45, 7) is 1.74. The van der Waals surface area contributed by atoms with E-state index in [1.807, 2.05) is 13.1 Å². The Morgan fingerprint density at radius 3 is 2.88 bits per heavy atom. The van der Waals surface area contributed by atoms with Gasteiger partial charge in [0.1, 0.15) is 11.7 Å². The van der Waals surface area contributed by atoms with Gasteiger partial charge >= 0.3 is 0 Å². The Morgan fingerprint density at radius 2 is 2.24 bits per heavy atom. The molecule has 0 aliphatic carbocycles. The standard InChI is InChI=1S/C12H11N5/c1-3-4-10-12-8(9(14)5-13)6-15-7-11(12)17(2)16-10/h6-7,9H,14H2,1-2H3. The SMILES string of the molecule is CC#Cc1nn(C)c2cncc(C(N)C#N)c12. The third-order valence-corrected chi connectivity index (χ3v) is 2.51. The van der Waals surface area contributed by atoms with Crippen LogP contribution in [0, 0.1) is 23.2 Å². The van der Waals surface area contributed by atoms with Crippen LogP contribution in [0.3, 0.4) is 0 Å². The lowest BCUT2D eigenvalue weighted by molar-refractivity contribution is 0.790. The van der Waals surface area contributed by atoms with E-state index in [0.29, 0.717) is 11.3 Å². The first kappa shape index (κ1) is 11.1. The van der Waals surface area contributed by atoms with Crippen molar-refractivity contribution in [3.05, 3.63) is 23.7 Å². The number of nitriles is 1. The van der Waals surface area contributed by atoms with Crippen LogP contribution in [0.25, 0.3) is 10.9 Å². The summed E-state index contributed by atoms with van der Waals surface area (Å²) in [6.07, 6.45) is 3.29. The first-order valence-electron chi connectivity index (χ1n) is 5.07. The van der Waals surface area contributed by atoms with Gasteiger partial charge in [0.05, 0.1) is 17.8 Å². The lowest BCUT2D eigenvalue weighted by Crippen LogP contribution is -2.08. The van der Waals surface area contributed by atoms with E-state index in [1.54, 1.807) is 24.0 Å². The number of aryl methyl sites for hydroxylation is 1. The van der Waals surface area contributed by atoms with Crippen molar-refractivity contribution in [3.63, 3.8) is 0 Å². The molecule has 0 saturated carbocycles. The number of nitrogens with zero attached hydrogens (tertiary/aromatic N) is 4. The quantitative estimate of drug-likeness (QED) is 0.730. The molecular weight excluding hydrogens is 214 g/mol. The zero-order chi connectivity index (χ0) is 12.4. The Hall–Kier alpha value is -2.37. The molecule has 0 spiro atoms. The largest absolute Gasteiger partial charge is 0.312 e. The van der Waals surface area contributed by atoms with Crippen molar-refractivity contribution in [2.24, 2.45) is 12.8 Å². The van der Waals surface area contributed by atoms with Gasteiger partial charge in [-0.05, 0) is 12.8 Å². The summed E-state index contributed by atoms with van der Waals surface area (Å²) in [6, 6.07) is 1.29. The second kappa shape index (κ2) is 4.25. The minimum atomic E-state index is -0.715. The molecular formula is C12H11N5. The summed E-state index contributed by atoms with van der Waals surface area (Å²) in [5.74, 6) is 5.72. The molecule has 2 N–H and O–H groups in total. The van der Waals surface area contributed by atoms with Gasteiger partial charge in [-0.2, -0.15) is 10.4 Å². The van der Waals surface area contributed by atoms with E-state index < -0.39 is 6.04 Å². The monoisotopic (exact) mass is 225 g/mol. The van der Waals surface area contributed by atoms with Gasteiger partial charge in [-0.15, -0.1) is 0 Å². The number of fused-ring (bicyclic) bond motifs is 1. The third-order valence-electron chi connectivity index (χ3n) is 2.51. The summed E-state index contributed by atoms with van der Waals surface area (Å²) in [7, 11) is 1.81. The van der Waals surface area contributed by atoms with E-state index in [-0.39, 0.29) is 0 Å². The Kier molecular flexibility index (Phi) is 2.78. The normalized spacial score (nSPS) is 11.6. The predicted molar refractivity (Wildman–Crippen MR) is 63.6 cm³/mol. The maximum absolute atomic E-state index is 8.91. The van der Waals surface area contributed by atoms with Gasteiger partial charge in [-0.3, -0.25) is 9.67 Å². The fourth-order valence-corrected chi connectivity index (χ4v) is 1.73. The zero-order valence-corrected chi connectivity index (χ0v) is 9.60. The second-order valence-corrected chi connectivity index (χ2v) is 3.58. The van der Waals surface area contributed by atoms with E-state index in [2.05, 4.69) is 21.9 Å². The lowest BCUT2D eigenvalue weighted by atomic mass is 10.1. The van der Waals surface area contributed by atoms with Crippen molar-refractivity contribution >= 4 is 10.9 Å². The predicted octanol–water partition coefficient (Wildman–Crippen LogP) is 0.863. The molecule has 1 unspecified atom stereocenters. The van der Waals surface area contributed by atoms with Crippen molar-refractivity contribution in [1.82, 2.24) is 14.8 Å². The first-order chi connectivity index (χ1) is 8.19. The summed E-state index contributed by atoms with van der Waals surface area (Å²) < 4.78 is 1.69. The van der Waals surface area contributed by atoms with Crippen LogP contribution in [0.15, 0.2) is 12.4 Å². The third kappa shape index (κ3) is 1.73. The summed E-state index contributed by atoms with van der Waals surface area (Å²) in [5, 5.41) is 14.0. The van der Waals surface area contributed by atoms with Gasteiger partial charge in [-0.25, -0.2) is 0 Å². The number of rotatable bonds is 1. The van der Waals surface area contributed by atoms with Gasteiger partial charge in [0.25, 0.3) is 0 Å². The van der Waals surface area contributed by atoms with E-state index in [0.717, 1.165) is 10.9 Å². The van der Waals surface area contributed by atoms with Gasteiger partial charge in [0.15, 0.2) is 0 Å². The van der Waals surface area contributed by atoms with Crippen molar-refractivity contribution in [2.45, 2.75) is 13.0 Å². The molecule has 0 aromatic carbocycles. The molecule has 0 radical (unpaired) electrons. The highest BCUT2D eigenvalue weighted by atomic mass is 15.3. The highest BCUT2D eigenvalue weighted by molar-refractivity contribution is 5.87. The Labute approximate surface area is 98.9 Å². The number of aromatic nitrogens is 3. The summed E-state index contributed by atoms with van der Waals surface area (Å²) in [5.41, 5.74) is 7.87. The maximum Gasteiger partial charge on any atom is 0.143 e. The van der Waals surface area contributed by atoms with Crippen molar-refractivity contribution < 1.29 is 0 Å². The molecule has 0 aliphatic rings. The smallest absolute Gasteiger partial charge is 0.143 e. The van der Waals surface area contributed by atoms with Crippen LogP contribution >= 0.6 is 0 Å². The molecule has 2 rings (SSSR count). The van der Waals surface area contributed by atoms with Crippen molar-refractivity contribution in [3.8, 4) is 17.9 Å². The van der Waals surface area contributed by atoms with Gasteiger partial charge in [0.2, 0.25) is 0 Å². The molecule has 5 nitrogen and oxygen atoms in total. The van der Waals surface area contributed by atoms with Crippen LogP contribution in [-0.2, 0) is 7.05 Å². The molecule has 17 heavy (non-hydrogen) atoms. The number of pyridine rings is 1. The maximum atomic E-state index is 8.91. The number of hydrogen-bond donors (Lipinski definition) is 1. The van der Waals surface area contributed by atoms with Crippen LogP contribution in [0.5, 0.6) is 0 Å². The second-order valence-electron chi connectivity index (χ2n) is 3.58. The van der Waals surface area contributed by atoms with Gasteiger partial charge in [0, 0.05) is 24.2 Å². The fraction of sp³-hybridized carbons (Fsp3) is 0.250. The molecule has 2 aromatic rings. The average Bonchev–Trinajstić information content (AvgIpc) is 2.66. The molecule has 2 heterocycles. The molecule has 0 aliphatic heterocycles. The van der Waals surface area contributed by atoms with Crippen LogP contribution in [-0.4, -0.2) is 14.8 Å². The van der Waals surface area contributed by atoms with Crippen LogP contribution in [0.2, 0.25) is 0 Å². The molecule has 0 saturated heterocycles. The minimum Gasteiger partial charge on any atom is -0.312 e. The number of hydrogen-bond acceptors (Lipinski definition) is 4. The van der Waals surface area contributed by atoms with Gasteiger partial charge < -0.3 is 5.73 Å². The first-order valence-corrected chi connectivity index (χ1v) is 5.07. The van der Waals surface area contributed by atoms with Gasteiger partial charge in [-0.1, -0.05) is 5.92 Å². The van der Waals surface area contributed by atoms with E-state index in [4.69, 9.17) is 11.0 Å². The number of nitrogens with two attached hydrogens (primary N) is 1. The lowest BCUT2D eigenvalue weighted by Gasteiger charge is -2.04. The summed E-state index contributed by atoms with van der Waals surface area (Å²) >= 11 is 0. The van der Waals surface area contributed by atoms with Crippen molar-refractivity contribution in [1.29, 1.82) is 5.26 Å². The fourth-order valence-electron chi connectivity index (χ4n) is 1.73. The Bertz CT molecular complexity index is 666. The molecule has 1 atom stereocenters. The summed E-state index contributed by atoms with van der Waals surface area (Å²) in [4.78, 5) is 4.08. The molecule has 0 amide bonds. The van der Waals surface area contributed by atoms with Crippen LogP contribution < -0.4 is 5.73 Å². The van der Waals surface area contributed by atoms with Crippen LogP contribution in [0.4, 0.5) is 0 Å². The van der Waals surface area contributed by atoms with E-state index >= 15 is 0 Å². The molecule has 2 aromatic heterocycles. The van der Waals surface area contributed by atoms with Crippen LogP contribution in [0.1, 0.15) is 24.2 Å². The Balaban J connectivity index is 2.85. The molecule has 0 fully saturated rings.